The van der Waals surface area contributed by atoms with Crippen LogP contribution in [0.1, 0.15) is 5.56 Å². The molecule has 0 unspecified atom stereocenters. The van der Waals surface area contributed by atoms with Gasteiger partial charge >= 0.3 is 34.5 Å². The first-order chi connectivity index (χ1) is 5.22. The molecule has 0 aliphatic heterocycles. The van der Waals surface area contributed by atoms with Crippen LogP contribution in [0.2, 0.25) is 5.02 Å². The topological polar surface area (TPSA) is 0 Å². The first kappa shape index (κ1) is 11.7. The zero-order valence-electron chi connectivity index (χ0n) is 5.86. The van der Waals surface area contributed by atoms with Gasteiger partial charge in [0, 0.05) is 5.02 Å². The van der Waals surface area contributed by atoms with E-state index in [4.69, 9.17) is 31.0 Å². The Morgan fingerprint density at radius 2 is 1.64 bits per heavy atom. The van der Waals surface area contributed by atoms with Crippen LogP contribution in [0, 0.1) is 6.92 Å². The standard InChI is InChI=1S/C7H6Cl.2ClH.Zn/c1-6-4-2-3-5-7(6)8;;;/h2-5H,1H2;2*1H;/q;;;+2/p-2. The molecule has 0 aromatic heterocycles. The number of hydrogen-bond donors (Lipinski definition) is 0. The van der Waals surface area contributed by atoms with Crippen LogP contribution in [0.15, 0.2) is 24.3 Å². The molecular weight excluding hydrogens is 256 g/mol. The molecule has 0 saturated carbocycles. The van der Waals surface area contributed by atoms with E-state index in [1.165, 1.54) is 0 Å². The van der Waals surface area contributed by atoms with Crippen molar-refractivity contribution in [2.75, 3.05) is 0 Å². The van der Waals surface area contributed by atoms with Gasteiger partial charge in [0.2, 0.25) is 0 Å². The second-order valence-corrected chi connectivity index (χ2v) is 6.72. The van der Waals surface area contributed by atoms with Crippen LogP contribution in [-0.2, 0) is 15.1 Å². The van der Waals surface area contributed by atoms with Gasteiger partial charge in [-0.25, -0.2) is 0 Å². The van der Waals surface area contributed by atoms with Crippen molar-refractivity contribution in [2.24, 2.45) is 0 Å². The molecule has 1 aromatic carbocycles. The summed E-state index contributed by atoms with van der Waals surface area (Å²) in [6.07, 6.45) is 0. The van der Waals surface area contributed by atoms with Gasteiger partial charge in [-0.2, -0.15) is 0 Å². The van der Waals surface area contributed by atoms with Gasteiger partial charge in [-0.15, -0.1) is 0 Å². The van der Waals surface area contributed by atoms with E-state index in [1.807, 2.05) is 24.3 Å². The molecule has 0 amide bonds. The molecule has 1 radical (unpaired) electrons. The monoisotopic (exact) mass is 259 g/mol. The zero-order valence-corrected chi connectivity index (χ0v) is 11.1. The van der Waals surface area contributed by atoms with E-state index < -0.39 is 15.1 Å². The van der Waals surface area contributed by atoms with Crippen molar-refractivity contribution in [2.45, 2.75) is 0 Å². The summed E-state index contributed by atoms with van der Waals surface area (Å²) >= 11 is 4.72. The van der Waals surface area contributed by atoms with E-state index in [-0.39, 0.29) is 0 Å². The Morgan fingerprint density at radius 1 is 1.18 bits per heavy atom. The summed E-state index contributed by atoms with van der Waals surface area (Å²) in [5, 5.41) is 0.729. The van der Waals surface area contributed by atoms with Crippen molar-refractivity contribution in [3.05, 3.63) is 41.8 Å². The van der Waals surface area contributed by atoms with Crippen LogP contribution < -0.4 is 0 Å². The fourth-order valence-corrected chi connectivity index (χ4v) is 0.634. The van der Waals surface area contributed by atoms with Gasteiger partial charge in [-0.05, 0) is 18.6 Å². The second-order valence-electron chi connectivity index (χ2n) is 1.69. The van der Waals surface area contributed by atoms with Gasteiger partial charge in [0.05, 0.1) is 0 Å². The molecule has 0 N–H and O–H groups in total. The van der Waals surface area contributed by atoms with E-state index in [9.17, 15) is 0 Å². The normalized spacial score (nSPS) is 7.64. The Morgan fingerprint density at radius 3 is 1.91 bits per heavy atom. The fraction of sp³-hybridized carbons (Fsp3) is 0. The van der Waals surface area contributed by atoms with Crippen molar-refractivity contribution < 1.29 is 15.1 Å². The fourth-order valence-electron chi connectivity index (χ4n) is 0.498. The molecule has 1 aromatic rings. The minimum absolute atomic E-state index is 0.729. The molecule has 0 saturated heterocycles. The molecule has 11 heavy (non-hydrogen) atoms. The summed E-state index contributed by atoms with van der Waals surface area (Å²) in [5.74, 6) is 0. The molecular formula is C7H6Cl3Zn. The summed E-state index contributed by atoms with van der Waals surface area (Å²) < 4.78 is 0. The third-order valence-corrected chi connectivity index (χ3v) is 1.33. The molecule has 0 aliphatic rings. The molecule has 0 aliphatic carbocycles. The Hall–Kier alpha value is 0.713. The van der Waals surface area contributed by atoms with Crippen LogP contribution in [0.5, 0.6) is 0 Å². The van der Waals surface area contributed by atoms with Crippen LogP contribution in [0.3, 0.4) is 0 Å². The summed E-state index contributed by atoms with van der Waals surface area (Å²) in [4.78, 5) is 0. The summed E-state index contributed by atoms with van der Waals surface area (Å²) in [5.41, 5.74) is 0.883. The quantitative estimate of drug-likeness (QED) is 0.622. The summed E-state index contributed by atoms with van der Waals surface area (Å²) in [7, 11) is 9.90. The molecule has 57 valence electrons. The van der Waals surface area contributed by atoms with E-state index >= 15 is 0 Å². The average molecular weight is 262 g/mol. The van der Waals surface area contributed by atoms with Gasteiger partial charge in [0.25, 0.3) is 0 Å². The summed E-state index contributed by atoms with van der Waals surface area (Å²) in [6.45, 7) is 3.69. The van der Waals surface area contributed by atoms with E-state index in [0.717, 1.165) is 10.6 Å². The van der Waals surface area contributed by atoms with Gasteiger partial charge in [-0.1, -0.05) is 29.8 Å². The minimum atomic E-state index is -0.931. The predicted octanol–water partition coefficient (Wildman–Crippen LogP) is 3.90. The van der Waals surface area contributed by atoms with Crippen LogP contribution in [0.4, 0.5) is 0 Å². The third-order valence-electron chi connectivity index (χ3n) is 0.958. The summed E-state index contributed by atoms with van der Waals surface area (Å²) in [6, 6.07) is 7.50. The predicted molar refractivity (Wildman–Crippen MR) is 47.6 cm³/mol. The Labute approximate surface area is 87.5 Å². The van der Waals surface area contributed by atoms with E-state index in [2.05, 4.69) is 6.92 Å². The molecule has 1 rings (SSSR count). The number of benzene rings is 1. The molecule has 0 atom stereocenters. The van der Waals surface area contributed by atoms with Crippen molar-refractivity contribution in [3.63, 3.8) is 0 Å². The van der Waals surface area contributed by atoms with Crippen molar-refractivity contribution in [1.82, 2.24) is 0 Å². The van der Waals surface area contributed by atoms with E-state index in [1.54, 1.807) is 0 Å². The van der Waals surface area contributed by atoms with Crippen molar-refractivity contribution in [3.8, 4) is 0 Å². The maximum absolute atomic E-state index is 5.65. The molecule has 0 spiro atoms. The zero-order chi connectivity index (χ0) is 8.69. The van der Waals surface area contributed by atoms with Crippen LogP contribution >= 0.6 is 31.0 Å². The number of rotatable bonds is 0. The molecule has 0 nitrogen and oxygen atoms in total. The van der Waals surface area contributed by atoms with Gasteiger partial charge in [-0.3, -0.25) is 0 Å². The van der Waals surface area contributed by atoms with Crippen molar-refractivity contribution in [1.29, 1.82) is 0 Å². The second kappa shape index (κ2) is 7.37. The molecule has 0 heterocycles. The van der Waals surface area contributed by atoms with Gasteiger partial charge in [0.15, 0.2) is 0 Å². The molecule has 0 fully saturated rings. The SMILES string of the molecule is [CH2]c1ccccc1Cl.[Cl][Zn][Cl]. The number of halogens is 3. The third kappa shape index (κ3) is 5.93. The molecule has 0 bridgehead atoms. The maximum atomic E-state index is 5.65. The first-order valence-electron chi connectivity index (χ1n) is 2.90. The molecule has 4 heteroatoms. The van der Waals surface area contributed by atoms with Crippen LogP contribution in [-0.4, -0.2) is 0 Å². The first-order valence-corrected chi connectivity index (χ1v) is 11.1. The van der Waals surface area contributed by atoms with E-state index in [0.29, 0.717) is 0 Å². The van der Waals surface area contributed by atoms with Crippen LogP contribution in [0.25, 0.3) is 0 Å². The number of hydrogen-bond acceptors (Lipinski definition) is 0. The van der Waals surface area contributed by atoms with Crippen molar-refractivity contribution >= 4 is 31.0 Å². The van der Waals surface area contributed by atoms with Gasteiger partial charge in [0.1, 0.15) is 0 Å². The Kier molecular flexibility index (Phi) is 7.84. The average Bonchev–Trinajstić information content (AvgIpc) is 1.97. The Balaban J connectivity index is 0.000000292. The Bertz CT molecular complexity index is 182. The van der Waals surface area contributed by atoms with Gasteiger partial charge < -0.3 is 0 Å².